The van der Waals surface area contributed by atoms with Gasteiger partial charge in [-0.1, -0.05) is 30.0 Å². The Morgan fingerprint density at radius 2 is 1.86 bits per heavy atom. The molecule has 2 aromatic carbocycles. The van der Waals surface area contributed by atoms with Crippen LogP contribution in [0.1, 0.15) is 11.4 Å². The molecular weight excluding hydrogens is 494 g/mol. The van der Waals surface area contributed by atoms with Crippen LogP contribution in [-0.2, 0) is 22.7 Å². The van der Waals surface area contributed by atoms with Gasteiger partial charge in [-0.3, -0.25) is 9.59 Å². The lowest BCUT2D eigenvalue weighted by Crippen LogP contribution is -2.23. The Balaban J connectivity index is 1.57. The first-order valence-electron chi connectivity index (χ1n) is 11.2. The standard InChI is InChI=1S/C26H29N5O5S/c1-5-13-31-23(16-27-24(32)12-10-18-9-11-21(35-3)22(14-18)36-4)29-30-26(31)37-17-25(33)28-19-7-6-8-20(15-19)34-2/h5-12,14-15H,1,13,16-17H2,2-4H3,(H,27,32)(H,28,33)/b12-10+. The first kappa shape index (κ1) is 27.3. The van der Waals surface area contributed by atoms with Crippen molar-refractivity contribution in [3.63, 3.8) is 0 Å². The van der Waals surface area contributed by atoms with Crippen molar-refractivity contribution in [2.24, 2.45) is 0 Å². The molecule has 1 heterocycles. The zero-order valence-corrected chi connectivity index (χ0v) is 21.7. The van der Waals surface area contributed by atoms with Crippen LogP contribution in [0.2, 0.25) is 0 Å². The molecule has 37 heavy (non-hydrogen) atoms. The lowest BCUT2D eigenvalue weighted by molar-refractivity contribution is -0.116. The highest BCUT2D eigenvalue weighted by Crippen LogP contribution is 2.28. The third kappa shape index (κ3) is 7.87. The molecule has 0 aliphatic carbocycles. The van der Waals surface area contributed by atoms with Crippen molar-refractivity contribution in [2.45, 2.75) is 18.2 Å². The highest BCUT2D eigenvalue weighted by molar-refractivity contribution is 7.99. The van der Waals surface area contributed by atoms with Crippen LogP contribution in [-0.4, -0.2) is 53.7 Å². The molecule has 3 rings (SSSR count). The lowest BCUT2D eigenvalue weighted by atomic mass is 10.2. The van der Waals surface area contributed by atoms with Gasteiger partial charge in [-0.25, -0.2) is 0 Å². The van der Waals surface area contributed by atoms with Crippen LogP contribution in [0.3, 0.4) is 0 Å². The summed E-state index contributed by atoms with van der Waals surface area (Å²) in [5.41, 5.74) is 1.43. The summed E-state index contributed by atoms with van der Waals surface area (Å²) in [6.45, 7) is 4.36. The summed E-state index contributed by atoms with van der Waals surface area (Å²) in [5.74, 6) is 2.02. The Labute approximate surface area is 219 Å². The number of ether oxygens (including phenoxy) is 3. The SMILES string of the molecule is C=CCn1c(CNC(=O)/C=C/c2ccc(OC)c(OC)c2)nnc1SCC(=O)Nc1cccc(OC)c1. The number of carbonyl (C=O) groups is 2. The molecule has 11 heteroatoms. The van der Waals surface area contributed by atoms with Crippen LogP contribution in [0.4, 0.5) is 5.69 Å². The largest absolute Gasteiger partial charge is 0.497 e. The average molecular weight is 524 g/mol. The molecule has 2 amide bonds. The van der Waals surface area contributed by atoms with Gasteiger partial charge in [0.15, 0.2) is 22.5 Å². The molecule has 2 N–H and O–H groups in total. The van der Waals surface area contributed by atoms with Gasteiger partial charge in [0, 0.05) is 24.4 Å². The lowest BCUT2D eigenvalue weighted by Gasteiger charge is -2.09. The number of allylic oxidation sites excluding steroid dienone is 1. The van der Waals surface area contributed by atoms with Gasteiger partial charge in [-0.2, -0.15) is 0 Å². The number of benzene rings is 2. The molecule has 0 bridgehead atoms. The van der Waals surface area contributed by atoms with Crippen LogP contribution in [0.5, 0.6) is 17.2 Å². The third-order valence-corrected chi connectivity index (χ3v) is 6.01. The van der Waals surface area contributed by atoms with Crippen molar-refractivity contribution in [1.29, 1.82) is 0 Å². The predicted molar refractivity (Wildman–Crippen MR) is 143 cm³/mol. The van der Waals surface area contributed by atoms with E-state index in [4.69, 9.17) is 14.2 Å². The molecular formula is C26H29N5O5S. The monoisotopic (exact) mass is 523 g/mol. The summed E-state index contributed by atoms with van der Waals surface area (Å²) in [6, 6.07) is 12.5. The second kappa shape index (κ2) is 13.7. The normalized spacial score (nSPS) is 10.7. The highest BCUT2D eigenvalue weighted by Gasteiger charge is 2.14. The van der Waals surface area contributed by atoms with E-state index in [1.54, 1.807) is 74.4 Å². The van der Waals surface area contributed by atoms with Gasteiger partial charge in [0.25, 0.3) is 0 Å². The number of hydrogen-bond donors (Lipinski definition) is 2. The number of hydrogen-bond acceptors (Lipinski definition) is 8. The van der Waals surface area contributed by atoms with Crippen molar-refractivity contribution in [3.05, 3.63) is 72.6 Å². The summed E-state index contributed by atoms with van der Waals surface area (Å²) in [5, 5.41) is 14.5. The number of rotatable bonds is 13. The van der Waals surface area contributed by atoms with Gasteiger partial charge in [0.1, 0.15) is 5.75 Å². The predicted octanol–water partition coefficient (Wildman–Crippen LogP) is 3.55. The van der Waals surface area contributed by atoms with E-state index < -0.39 is 0 Å². The zero-order chi connectivity index (χ0) is 26.6. The second-order valence-electron chi connectivity index (χ2n) is 7.53. The number of anilines is 1. The van der Waals surface area contributed by atoms with Gasteiger partial charge in [0.2, 0.25) is 11.8 Å². The maximum atomic E-state index is 12.4. The summed E-state index contributed by atoms with van der Waals surface area (Å²) in [6.07, 6.45) is 4.80. The Bertz CT molecular complexity index is 1270. The zero-order valence-electron chi connectivity index (χ0n) is 20.9. The topological polar surface area (TPSA) is 117 Å². The van der Waals surface area contributed by atoms with E-state index in [9.17, 15) is 9.59 Å². The van der Waals surface area contributed by atoms with E-state index in [0.29, 0.717) is 40.5 Å². The first-order chi connectivity index (χ1) is 18.0. The van der Waals surface area contributed by atoms with Crippen molar-refractivity contribution in [1.82, 2.24) is 20.1 Å². The molecule has 0 aliphatic rings. The Kier molecular flexibility index (Phi) is 10.1. The molecule has 0 spiro atoms. The van der Waals surface area contributed by atoms with E-state index >= 15 is 0 Å². The quantitative estimate of drug-likeness (QED) is 0.199. The molecule has 0 radical (unpaired) electrons. The number of amides is 2. The summed E-state index contributed by atoms with van der Waals surface area (Å²) >= 11 is 1.24. The smallest absolute Gasteiger partial charge is 0.244 e. The van der Waals surface area contributed by atoms with Crippen molar-refractivity contribution in [2.75, 3.05) is 32.4 Å². The maximum absolute atomic E-state index is 12.4. The molecule has 0 saturated carbocycles. The minimum atomic E-state index is -0.296. The number of nitrogens with zero attached hydrogens (tertiary/aromatic N) is 3. The van der Waals surface area contributed by atoms with E-state index in [-0.39, 0.29) is 24.1 Å². The molecule has 0 fully saturated rings. The van der Waals surface area contributed by atoms with Crippen molar-refractivity contribution in [3.8, 4) is 17.2 Å². The highest BCUT2D eigenvalue weighted by atomic mass is 32.2. The van der Waals surface area contributed by atoms with Gasteiger partial charge >= 0.3 is 0 Å². The molecule has 194 valence electrons. The fraction of sp³-hybridized carbons (Fsp3) is 0.231. The fourth-order valence-electron chi connectivity index (χ4n) is 3.25. The van der Waals surface area contributed by atoms with Gasteiger partial charge < -0.3 is 29.4 Å². The fourth-order valence-corrected chi connectivity index (χ4v) is 4.02. The first-order valence-corrected chi connectivity index (χ1v) is 12.2. The molecule has 0 saturated heterocycles. The molecule has 0 atom stereocenters. The molecule has 0 unspecified atom stereocenters. The molecule has 10 nitrogen and oxygen atoms in total. The Morgan fingerprint density at radius 3 is 2.59 bits per heavy atom. The van der Waals surface area contributed by atoms with Crippen LogP contribution in [0.15, 0.2) is 66.4 Å². The maximum Gasteiger partial charge on any atom is 0.244 e. The molecule has 3 aromatic rings. The van der Waals surface area contributed by atoms with E-state index in [1.807, 2.05) is 6.07 Å². The van der Waals surface area contributed by atoms with E-state index in [1.165, 1.54) is 17.8 Å². The molecule has 1 aromatic heterocycles. The Hall–Kier alpha value is -4.25. The van der Waals surface area contributed by atoms with Crippen LogP contribution >= 0.6 is 11.8 Å². The van der Waals surface area contributed by atoms with Gasteiger partial charge in [0.05, 0.1) is 33.6 Å². The van der Waals surface area contributed by atoms with Crippen molar-refractivity contribution >= 4 is 35.3 Å². The van der Waals surface area contributed by atoms with Gasteiger partial charge in [-0.05, 0) is 35.9 Å². The Morgan fingerprint density at radius 1 is 1.05 bits per heavy atom. The summed E-state index contributed by atoms with van der Waals surface area (Å²) in [4.78, 5) is 24.8. The van der Waals surface area contributed by atoms with Crippen LogP contribution in [0.25, 0.3) is 6.08 Å². The summed E-state index contributed by atoms with van der Waals surface area (Å²) < 4.78 is 17.5. The molecule has 0 aliphatic heterocycles. The number of thioether (sulfide) groups is 1. The number of nitrogens with one attached hydrogen (secondary N) is 2. The van der Waals surface area contributed by atoms with E-state index in [2.05, 4.69) is 27.4 Å². The van der Waals surface area contributed by atoms with Crippen molar-refractivity contribution < 1.29 is 23.8 Å². The minimum Gasteiger partial charge on any atom is -0.497 e. The average Bonchev–Trinajstić information content (AvgIpc) is 3.30. The van der Waals surface area contributed by atoms with Gasteiger partial charge in [-0.15, -0.1) is 16.8 Å². The number of carbonyl (C=O) groups excluding carboxylic acids is 2. The van der Waals surface area contributed by atoms with Crippen LogP contribution < -0.4 is 24.8 Å². The second-order valence-corrected chi connectivity index (χ2v) is 8.47. The number of aromatic nitrogens is 3. The number of methoxy groups -OCH3 is 3. The van der Waals surface area contributed by atoms with Crippen LogP contribution in [0, 0.1) is 0 Å². The third-order valence-electron chi connectivity index (χ3n) is 5.05. The summed E-state index contributed by atoms with van der Waals surface area (Å²) in [7, 11) is 4.68. The van der Waals surface area contributed by atoms with E-state index in [0.717, 1.165) is 5.56 Å². The minimum absolute atomic E-state index is 0.132.